The number of carbonyl (C=O) groups excluding carboxylic acids is 1. The zero-order valence-electron chi connectivity index (χ0n) is 20.7. The lowest BCUT2D eigenvalue weighted by Crippen LogP contribution is -2.46. The lowest BCUT2D eigenvalue weighted by atomic mass is 9.97. The summed E-state index contributed by atoms with van der Waals surface area (Å²) in [6.07, 6.45) is 2.25. The van der Waals surface area contributed by atoms with Gasteiger partial charge in [0.1, 0.15) is 6.29 Å². The third kappa shape index (κ3) is 9.55. The van der Waals surface area contributed by atoms with Gasteiger partial charge in [-0.25, -0.2) is 0 Å². The summed E-state index contributed by atoms with van der Waals surface area (Å²) in [5.41, 5.74) is 6.68. The fourth-order valence-corrected chi connectivity index (χ4v) is 3.38. The van der Waals surface area contributed by atoms with E-state index in [0.29, 0.717) is 5.92 Å². The number of rotatable bonds is 5. The summed E-state index contributed by atoms with van der Waals surface area (Å²) in [6.45, 7) is 17.6. The van der Waals surface area contributed by atoms with Crippen LogP contribution in [-0.2, 0) is 11.3 Å². The van der Waals surface area contributed by atoms with Crippen molar-refractivity contribution < 1.29 is 9.90 Å². The number of aliphatic hydroxyl groups excluding tert-OH is 1. The molecule has 1 unspecified atom stereocenters. The number of aliphatic hydroxyl groups is 1. The van der Waals surface area contributed by atoms with E-state index in [2.05, 4.69) is 62.9 Å². The van der Waals surface area contributed by atoms with Crippen molar-refractivity contribution >= 4 is 17.9 Å². The van der Waals surface area contributed by atoms with Gasteiger partial charge in [-0.3, -0.25) is 4.90 Å². The number of nitrogens with zero attached hydrogens (tertiary/aromatic N) is 1. The van der Waals surface area contributed by atoms with Gasteiger partial charge in [0.05, 0.1) is 0 Å². The van der Waals surface area contributed by atoms with Gasteiger partial charge >= 0.3 is 0 Å². The van der Waals surface area contributed by atoms with E-state index in [1.807, 2.05) is 26.8 Å². The first-order valence-electron chi connectivity index (χ1n) is 11.3. The quantitative estimate of drug-likeness (QED) is 0.516. The Balaban J connectivity index is 0.000000510. The number of aldehydes is 1. The van der Waals surface area contributed by atoms with Crippen molar-refractivity contribution in [1.29, 1.82) is 0 Å². The standard InChI is InChI=1S/C13H17NO.C11H15Cl.C2H6.CH4O/c1-10-4-3-5-13(11(10)2)8-14-6-12(7-14)9-15;1-4-8(2)10-5-6-11(12)9(3)7-10;2*1-2/h3-5,9,12H,6-8H2,1-2H3;5-8H,4H2,1-3H3;1-2H3;2H,1H3. The molecule has 174 valence electrons. The molecule has 1 atom stereocenters. The first-order chi connectivity index (χ1) is 14.8. The number of benzene rings is 2. The highest BCUT2D eigenvalue weighted by Gasteiger charge is 2.26. The van der Waals surface area contributed by atoms with Crippen LogP contribution in [0.15, 0.2) is 36.4 Å². The molecule has 1 heterocycles. The van der Waals surface area contributed by atoms with E-state index in [-0.39, 0.29) is 5.92 Å². The Hall–Kier alpha value is -1.68. The number of hydrogen-bond donors (Lipinski definition) is 1. The molecule has 2 aromatic carbocycles. The number of hydrogen-bond acceptors (Lipinski definition) is 3. The topological polar surface area (TPSA) is 40.5 Å². The monoisotopic (exact) mass is 447 g/mol. The van der Waals surface area contributed by atoms with Crippen LogP contribution in [0.2, 0.25) is 5.02 Å². The van der Waals surface area contributed by atoms with Crippen molar-refractivity contribution in [1.82, 2.24) is 4.90 Å². The maximum absolute atomic E-state index is 10.5. The van der Waals surface area contributed by atoms with Crippen LogP contribution in [0.3, 0.4) is 0 Å². The van der Waals surface area contributed by atoms with Gasteiger partial charge in [-0.1, -0.05) is 69.6 Å². The zero-order valence-corrected chi connectivity index (χ0v) is 21.5. The molecule has 4 heteroatoms. The summed E-state index contributed by atoms with van der Waals surface area (Å²) >= 11 is 5.93. The molecule has 0 radical (unpaired) electrons. The zero-order chi connectivity index (χ0) is 24.0. The molecule has 1 aliphatic heterocycles. The molecule has 3 rings (SSSR count). The molecule has 1 saturated heterocycles. The van der Waals surface area contributed by atoms with Crippen molar-refractivity contribution in [3.63, 3.8) is 0 Å². The third-order valence-corrected chi connectivity index (χ3v) is 6.08. The second-order valence-corrected chi connectivity index (χ2v) is 8.17. The Kier molecular flexibility index (Phi) is 15.2. The van der Waals surface area contributed by atoms with Crippen LogP contribution in [0.25, 0.3) is 0 Å². The molecule has 1 fully saturated rings. The number of likely N-dealkylation sites (tertiary alicyclic amines) is 1. The van der Waals surface area contributed by atoms with Crippen LogP contribution in [0.5, 0.6) is 0 Å². The smallest absolute Gasteiger partial charge is 0.125 e. The largest absolute Gasteiger partial charge is 0.400 e. The van der Waals surface area contributed by atoms with Gasteiger partial charge < -0.3 is 9.90 Å². The minimum atomic E-state index is 0.273. The second kappa shape index (κ2) is 16.0. The van der Waals surface area contributed by atoms with Crippen LogP contribution < -0.4 is 0 Å². The Morgan fingerprint density at radius 1 is 1.10 bits per heavy atom. The van der Waals surface area contributed by atoms with Crippen molar-refractivity contribution in [2.75, 3.05) is 20.2 Å². The van der Waals surface area contributed by atoms with E-state index in [0.717, 1.165) is 38.1 Å². The molecule has 0 aliphatic carbocycles. The van der Waals surface area contributed by atoms with Gasteiger partial charge in [0.15, 0.2) is 0 Å². The average molecular weight is 448 g/mol. The predicted molar refractivity (Wildman–Crippen MR) is 135 cm³/mol. The molecular weight excluding hydrogens is 406 g/mol. The molecule has 2 aromatic rings. The lowest BCUT2D eigenvalue weighted by Gasteiger charge is -2.36. The highest BCUT2D eigenvalue weighted by molar-refractivity contribution is 6.31. The maximum Gasteiger partial charge on any atom is 0.125 e. The molecule has 0 saturated carbocycles. The molecule has 1 aliphatic rings. The number of carbonyl (C=O) groups is 1. The molecular formula is C27H42ClNO2. The van der Waals surface area contributed by atoms with E-state index >= 15 is 0 Å². The Morgan fingerprint density at radius 2 is 1.71 bits per heavy atom. The second-order valence-electron chi connectivity index (χ2n) is 7.77. The molecule has 3 nitrogen and oxygen atoms in total. The molecule has 1 N–H and O–H groups in total. The summed E-state index contributed by atoms with van der Waals surface area (Å²) in [5.74, 6) is 0.913. The fraction of sp³-hybridized carbons (Fsp3) is 0.519. The summed E-state index contributed by atoms with van der Waals surface area (Å²) in [7, 11) is 1.00. The van der Waals surface area contributed by atoms with Crippen molar-refractivity contribution in [3.8, 4) is 0 Å². The van der Waals surface area contributed by atoms with Crippen LogP contribution in [0.1, 0.15) is 67.9 Å². The van der Waals surface area contributed by atoms with Crippen molar-refractivity contribution in [2.45, 2.75) is 67.3 Å². The summed E-state index contributed by atoms with van der Waals surface area (Å²) in [6, 6.07) is 12.7. The first kappa shape index (κ1) is 29.3. The van der Waals surface area contributed by atoms with Crippen molar-refractivity contribution in [3.05, 3.63) is 69.2 Å². The molecule has 0 spiro atoms. The predicted octanol–water partition coefficient (Wildman–Crippen LogP) is 6.73. The Labute approximate surface area is 195 Å². The number of aryl methyl sites for hydroxylation is 2. The molecule has 31 heavy (non-hydrogen) atoms. The van der Waals surface area contributed by atoms with E-state index in [4.69, 9.17) is 16.7 Å². The highest BCUT2D eigenvalue weighted by Crippen LogP contribution is 2.23. The van der Waals surface area contributed by atoms with E-state index < -0.39 is 0 Å². The highest BCUT2D eigenvalue weighted by atomic mass is 35.5. The summed E-state index contributed by atoms with van der Waals surface area (Å²) in [4.78, 5) is 12.8. The van der Waals surface area contributed by atoms with Gasteiger partial charge in [0.2, 0.25) is 0 Å². The first-order valence-corrected chi connectivity index (χ1v) is 11.7. The van der Waals surface area contributed by atoms with Gasteiger partial charge in [0, 0.05) is 37.7 Å². The van der Waals surface area contributed by atoms with Gasteiger partial charge in [-0.05, 0) is 67.0 Å². The van der Waals surface area contributed by atoms with E-state index in [1.165, 1.54) is 34.2 Å². The summed E-state index contributed by atoms with van der Waals surface area (Å²) in [5, 5.41) is 7.86. The average Bonchev–Trinajstić information content (AvgIpc) is 2.78. The Morgan fingerprint density at radius 3 is 2.23 bits per heavy atom. The molecule has 0 amide bonds. The fourth-order valence-electron chi connectivity index (χ4n) is 3.26. The Bertz CT molecular complexity index is 770. The summed E-state index contributed by atoms with van der Waals surface area (Å²) < 4.78 is 0. The minimum Gasteiger partial charge on any atom is -0.400 e. The van der Waals surface area contributed by atoms with Crippen LogP contribution in [-0.4, -0.2) is 36.5 Å². The lowest BCUT2D eigenvalue weighted by molar-refractivity contribution is -0.115. The van der Waals surface area contributed by atoms with Gasteiger partial charge in [-0.2, -0.15) is 0 Å². The minimum absolute atomic E-state index is 0.273. The van der Waals surface area contributed by atoms with E-state index in [1.54, 1.807) is 0 Å². The number of halogens is 1. The van der Waals surface area contributed by atoms with Crippen LogP contribution >= 0.6 is 11.6 Å². The van der Waals surface area contributed by atoms with E-state index in [9.17, 15) is 4.79 Å². The molecule has 0 bridgehead atoms. The van der Waals surface area contributed by atoms with Gasteiger partial charge in [-0.15, -0.1) is 0 Å². The van der Waals surface area contributed by atoms with Crippen LogP contribution in [0, 0.1) is 26.7 Å². The SMILES string of the molecule is CC.CCC(C)c1ccc(Cl)c(C)c1.CO.Cc1cccc(CN2CC(C=O)C2)c1C. The van der Waals surface area contributed by atoms with Gasteiger partial charge in [0.25, 0.3) is 0 Å². The molecule has 0 aromatic heterocycles. The normalized spacial score (nSPS) is 13.9. The third-order valence-electron chi connectivity index (χ3n) is 5.65. The maximum atomic E-state index is 10.5. The van der Waals surface area contributed by atoms with Crippen LogP contribution in [0.4, 0.5) is 0 Å². The van der Waals surface area contributed by atoms with Crippen molar-refractivity contribution in [2.24, 2.45) is 5.92 Å².